The highest BCUT2D eigenvalue weighted by Crippen LogP contribution is 2.32. The number of benzene rings is 4. The number of H-pyrrole nitrogens is 1. The maximum absolute atomic E-state index is 14.1. The van der Waals surface area contributed by atoms with Gasteiger partial charge < -0.3 is 46.2 Å². The van der Waals surface area contributed by atoms with Crippen molar-refractivity contribution in [2.45, 2.75) is 123 Å². The Bertz CT molecular complexity index is 3200. The Morgan fingerprint density at radius 3 is 2.28 bits per heavy atom. The molecule has 4 aromatic carbocycles. The van der Waals surface area contributed by atoms with E-state index in [0.717, 1.165) is 77.5 Å². The largest absolute Gasteiger partial charge is 0.391 e. The van der Waals surface area contributed by atoms with Gasteiger partial charge in [0.15, 0.2) is 5.82 Å². The summed E-state index contributed by atoms with van der Waals surface area (Å²) in [6, 6.07) is 21.0. The summed E-state index contributed by atoms with van der Waals surface area (Å²) in [5.41, 5.74) is 8.18. The van der Waals surface area contributed by atoms with Crippen LogP contribution >= 0.6 is 11.3 Å². The monoisotopic (exact) mass is 1160 g/mol. The molecule has 3 saturated heterocycles. The lowest BCUT2D eigenvalue weighted by molar-refractivity contribution is -0.144. The minimum Gasteiger partial charge on any atom is -0.391 e. The number of rotatable bonds is 23. The Morgan fingerprint density at radius 1 is 0.831 bits per heavy atom. The molecule has 0 radical (unpaired) electrons. The molecule has 442 valence electrons. The highest BCUT2D eigenvalue weighted by molar-refractivity contribution is 7.13. The van der Waals surface area contributed by atoms with E-state index < -0.39 is 41.1 Å². The summed E-state index contributed by atoms with van der Waals surface area (Å²) in [5, 5.41) is 34.3. The summed E-state index contributed by atoms with van der Waals surface area (Å²) >= 11 is 1.57. The van der Waals surface area contributed by atoms with Crippen LogP contribution in [0.5, 0.6) is 0 Å². The first-order chi connectivity index (χ1) is 39.9. The van der Waals surface area contributed by atoms with Crippen LogP contribution in [-0.4, -0.2) is 143 Å². The Hall–Kier alpha value is -7.33. The van der Waals surface area contributed by atoms with Gasteiger partial charge in [-0.1, -0.05) is 70.4 Å². The third kappa shape index (κ3) is 16.3. The van der Waals surface area contributed by atoms with Gasteiger partial charge in [-0.3, -0.25) is 34.0 Å². The number of nitrogens with zero attached hydrogens (tertiary/aromatic N) is 5. The summed E-state index contributed by atoms with van der Waals surface area (Å²) in [6.07, 6.45) is 5.42. The van der Waals surface area contributed by atoms with Crippen molar-refractivity contribution in [1.29, 1.82) is 0 Å². The van der Waals surface area contributed by atoms with E-state index in [1.807, 2.05) is 93.9 Å². The van der Waals surface area contributed by atoms with Gasteiger partial charge in [-0.2, -0.15) is 5.10 Å². The number of aromatic nitrogens is 3. The lowest BCUT2D eigenvalue weighted by atomic mass is 9.85. The summed E-state index contributed by atoms with van der Waals surface area (Å²) in [5.74, 6) is -2.30. The molecule has 5 heterocycles. The van der Waals surface area contributed by atoms with Crippen molar-refractivity contribution < 1.29 is 42.6 Å². The Labute approximate surface area is 487 Å². The number of nitrogens with one attached hydrogen (secondary N) is 6. The van der Waals surface area contributed by atoms with Gasteiger partial charge in [0.1, 0.15) is 23.7 Å². The zero-order chi connectivity index (χ0) is 58.6. The number of hydrogen-bond donors (Lipinski definition) is 7. The minimum atomic E-state index is -0.893. The average Bonchev–Trinajstić information content (AvgIpc) is 4.05. The molecule has 3 atom stereocenters. The van der Waals surface area contributed by atoms with Gasteiger partial charge in [-0.15, -0.1) is 11.3 Å². The second-order valence-electron chi connectivity index (χ2n) is 23.2. The Balaban J connectivity index is 0.678. The van der Waals surface area contributed by atoms with Gasteiger partial charge in [0.2, 0.25) is 23.6 Å². The first kappa shape index (κ1) is 60.3. The standard InChI is InChI=1S/C62H77F2N11O7S/c1-39-56(83-38-67-39)43-14-11-40(12-15-43)35-66-60(80)53-34-48(76)36-75(53)61(81)57(62(2,3)4)69-54(77)10-8-6-5-7-9-21-65-55(78)37-73-22-24-74(25-23-73)47-16-17-49(52(33-47)68-46-19-26-82-27-20-46)59(79)70-58-50-31-41(13-18-51(50)71-72-58)28-42-29-44(63)32-45(64)30-42/h11-18,29-33,38,46,48,53,57,68,76H,5-10,19-28,34-37H2,1-4H3,(H,65,78)(H,66,80)(H,69,77)(H2,70,71,72,79)/t48-,53+,57-/m1/s1. The topological polar surface area (TPSA) is 226 Å². The predicted octanol–water partition coefficient (Wildman–Crippen LogP) is 8.09. The van der Waals surface area contributed by atoms with Crippen LogP contribution < -0.4 is 31.5 Å². The number of aryl methyl sites for hydroxylation is 1. The molecular formula is C62H77F2N11O7S. The van der Waals surface area contributed by atoms with Crippen LogP contribution in [0.4, 0.5) is 26.0 Å². The number of anilines is 3. The van der Waals surface area contributed by atoms with Gasteiger partial charge in [0.05, 0.1) is 39.8 Å². The van der Waals surface area contributed by atoms with Crippen LogP contribution in [0.15, 0.2) is 84.4 Å². The Morgan fingerprint density at radius 2 is 1.55 bits per heavy atom. The maximum atomic E-state index is 14.1. The number of carbonyl (C=O) groups excluding carboxylic acids is 5. The number of β-amino-alcohol motifs (C(OH)–C–C–N with tert-alkyl or cyclic N) is 1. The molecule has 3 aliphatic heterocycles. The third-order valence-corrected chi connectivity index (χ3v) is 16.7. The van der Waals surface area contributed by atoms with Crippen molar-refractivity contribution in [2.75, 3.05) is 74.6 Å². The molecule has 0 aliphatic carbocycles. The molecule has 3 fully saturated rings. The lowest BCUT2D eigenvalue weighted by Crippen LogP contribution is -2.57. The zero-order valence-electron chi connectivity index (χ0n) is 47.8. The molecule has 0 spiro atoms. The minimum absolute atomic E-state index is 0.00550. The number of carbonyl (C=O) groups is 5. The van der Waals surface area contributed by atoms with Crippen LogP contribution in [0.3, 0.4) is 0 Å². The molecule has 0 unspecified atom stereocenters. The van der Waals surface area contributed by atoms with E-state index in [2.05, 4.69) is 51.6 Å². The van der Waals surface area contributed by atoms with Crippen molar-refractivity contribution in [3.63, 3.8) is 0 Å². The van der Waals surface area contributed by atoms with E-state index in [1.165, 1.54) is 17.0 Å². The highest BCUT2D eigenvalue weighted by atomic mass is 32.1. The number of amides is 5. The number of fused-ring (bicyclic) bond motifs is 1. The third-order valence-electron chi connectivity index (χ3n) is 15.7. The number of halogens is 2. The van der Waals surface area contributed by atoms with E-state index in [4.69, 9.17) is 4.74 Å². The summed E-state index contributed by atoms with van der Waals surface area (Å²) < 4.78 is 33.5. The number of thiazole rings is 1. The van der Waals surface area contributed by atoms with Gasteiger partial charge in [-0.25, -0.2) is 13.8 Å². The van der Waals surface area contributed by atoms with Crippen molar-refractivity contribution in [1.82, 2.24) is 40.9 Å². The zero-order valence-corrected chi connectivity index (χ0v) is 48.6. The van der Waals surface area contributed by atoms with E-state index in [9.17, 15) is 37.9 Å². The molecule has 2 aromatic heterocycles. The number of aliphatic hydroxyl groups excluding tert-OH is 1. The second kappa shape index (κ2) is 27.8. The van der Waals surface area contributed by atoms with Crippen molar-refractivity contribution in [2.24, 2.45) is 5.41 Å². The quantitative estimate of drug-likeness (QED) is 0.0302. The smallest absolute Gasteiger partial charge is 0.258 e. The first-order valence-electron chi connectivity index (χ1n) is 28.9. The van der Waals surface area contributed by atoms with Gasteiger partial charge in [-0.05, 0) is 109 Å². The molecule has 7 N–H and O–H groups in total. The molecular weight excluding hydrogens is 1080 g/mol. The Kier molecular flexibility index (Phi) is 20.2. The van der Waals surface area contributed by atoms with Crippen LogP contribution in [0.2, 0.25) is 0 Å². The second-order valence-corrected chi connectivity index (χ2v) is 24.1. The summed E-state index contributed by atoms with van der Waals surface area (Å²) in [7, 11) is 0. The van der Waals surface area contributed by atoms with Gasteiger partial charge >= 0.3 is 0 Å². The van der Waals surface area contributed by atoms with Gasteiger partial charge in [0, 0.05) is 101 Å². The average molecular weight is 1160 g/mol. The fourth-order valence-corrected chi connectivity index (χ4v) is 11.9. The molecule has 0 saturated carbocycles. The normalized spacial score (nSPS) is 17.3. The fraction of sp³-hybridized carbons (Fsp3) is 0.468. The number of aromatic amines is 1. The van der Waals surface area contributed by atoms with Crippen LogP contribution in [-0.2, 0) is 36.9 Å². The highest BCUT2D eigenvalue weighted by Gasteiger charge is 2.44. The molecule has 9 rings (SSSR count). The van der Waals surface area contributed by atoms with Crippen molar-refractivity contribution in [3.8, 4) is 10.4 Å². The number of likely N-dealkylation sites (tertiary alicyclic amines) is 1. The molecule has 18 nitrogen and oxygen atoms in total. The number of piperazine rings is 1. The van der Waals surface area contributed by atoms with Crippen LogP contribution in [0.25, 0.3) is 21.3 Å². The molecule has 3 aliphatic rings. The maximum Gasteiger partial charge on any atom is 0.258 e. The van der Waals surface area contributed by atoms with E-state index in [1.54, 1.807) is 11.3 Å². The van der Waals surface area contributed by atoms with Gasteiger partial charge in [0.25, 0.3) is 5.91 Å². The van der Waals surface area contributed by atoms with Crippen LogP contribution in [0.1, 0.15) is 111 Å². The molecule has 6 aromatic rings. The van der Waals surface area contributed by atoms with E-state index in [0.29, 0.717) is 98.9 Å². The SMILES string of the molecule is Cc1ncsc1-c1ccc(CNC(=O)[C@@H]2C[C@@H](O)CN2C(=O)[C@@H](NC(=O)CCCCCCCNC(=O)CN2CCN(c3ccc(C(=O)Nc4n[nH]c5ccc(Cc6cc(F)cc(F)c6)cc45)c(NC4CCOCC4)c3)CC2)C(C)(C)C)cc1. The van der Waals surface area contributed by atoms with E-state index in [-0.39, 0.29) is 55.6 Å². The molecule has 21 heteroatoms. The number of ether oxygens (including phenoxy) is 1. The predicted molar refractivity (Wildman–Crippen MR) is 318 cm³/mol. The summed E-state index contributed by atoms with van der Waals surface area (Å²) in [4.78, 5) is 79.2. The molecule has 0 bridgehead atoms. The summed E-state index contributed by atoms with van der Waals surface area (Å²) in [6.45, 7) is 12.7. The van der Waals surface area contributed by atoms with Crippen LogP contribution in [0, 0.1) is 24.0 Å². The fourth-order valence-electron chi connectivity index (χ4n) is 11.1. The number of aliphatic hydroxyl groups is 1. The molecule has 5 amide bonds. The number of hydrogen-bond acceptors (Lipinski definition) is 13. The van der Waals surface area contributed by atoms with Crippen molar-refractivity contribution in [3.05, 3.63) is 124 Å². The van der Waals surface area contributed by atoms with Crippen molar-refractivity contribution >= 4 is 69.0 Å². The van der Waals surface area contributed by atoms with E-state index >= 15 is 0 Å². The molecule has 83 heavy (non-hydrogen) atoms. The lowest BCUT2D eigenvalue weighted by Gasteiger charge is -2.36. The first-order valence-corrected chi connectivity index (χ1v) is 29.8. The number of unbranched alkanes of at least 4 members (excludes halogenated alkanes) is 4.